The van der Waals surface area contributed by atoms with Gasteiger partial charge in [0.1, 0.15) is 5.60 Å². The van der Waals surface area contributed by atoms with E-state index in [0.29, 0.717) is 0 Å². The van der Waals surface area contributed by atoms with Crippen LogP contribution in [0.2, 0.25) is 58.9 Å². The number of benzene rings is 3. The minimum atomic E-state index is -2.42. The first kappa shape index (κ1) is 46.2. The fourth-order valence-corrected chi connectivity index (χ4v) is 9.10. The Bertz CT molecular complexity index is 1330. The third-order valence-corrected chi connectivity index (χ3v) is 14.4. The average Bonchev–Trinajstić information content (AvgIpc) is 2.94. The summed E-state index contributed by atoms with van der Waals surface area (Å²) in [5.74, 6) is -0.191. The second-order valence-corrected chi connectivity index (χ2v) is 35.0. The highest BCUT2D eigenvalue weighted by atomic mass is 28.3. The summed E-state index contributed by atoms with van der Waals surface area (Å²) in [6, 6.07) is 26.1. The van der Waals surface area contributed by atoms with Gasteiger partial charge in [0, 0.05) is 5.92 Å². The van der Waals surface area contributed by atoms with E-state index in [4.69, 9.17) is 4.65 Å². The van der Waals surface area contributed by atoms with Gasteiger partial charge in [0.2, 0.25) is 0 Å². The van der Waals surface area contributed by atoms with Crippen LogP contribution in [-0.2, 0) is 10.3 Å². The fraction of sp³-hybridized carbons (Fsp3) is 0.561. The Morgan fingerprint density at radius 2 is 0.840 bits per heavy atom. The van der Waals surface area contributed by atoms with Crippen LogP contribution < -0.4 is 25.6 Å². The molecule has 3 aromatic rings. The summed E-state index contributed by atoms with van der Waals surface area (Å²) < 4.78 is 8.19. The molecule has 1 atom stereocenters. The van der Waals surface area contributed by atoms with Gasteiger partial charge in [-0.1, -0.05) is 167 Å². The van der Waals surface area contributed by atoms with E-state index in [1.165, 1.54) is 15.6 Å². The quantitative estimate of drug-likeness (QED) is 0.172. The topological polar surface area (TPSA) is 55.3 Å². The lowest BCUT2D eigenvalue weighted by molar-refractivity contribution is -0.849. The van der Waals surface area contributed by atoms with Gasteiger partial charge in [-0.15, -0.1) is 0 Å². The van der Waals surface area contributed by atoms with Crippen molar-refractivity contribution in [2.75, 3.05) is 56.4 Å². The van der Waals surface area contributed by atoms with Gasteiger partial charge < -0.3 is 23.7 Å². The molecule has 9 heteroatoms. The zero-order chi connectivity index (χ0) is 38.9. The number of hydrogen-bond acceptors (Lipinski definition) is 3. The van der Waals surface area contributed by atoms with Crippen LogP contribution in [0.4, 0.5) is 0 Å². The molecule has 50 heavy (non-hydrogen) atoms. The second-order valence-electron chi connectivity index (χ2n) is 19.7. The highest BCUT2D eigenvalue weighted by molar-refractivity contribution is 6.89. The van der Waals surface area contributed by atoms with Crippen LogP contribution >= 0.6 is 0 Å². The van der Waals surface area contributed by atoms with E-state index in [9.17, 15) is 10.0 Å². The summed E-state index contributed by atoms with van der Waals surface area (Å²) in [4.78, 5) is 0. The van der Waals surface area contributed by atoms with Gasteiger partial charge in [0.25, 0.3) is 0 Å². The minimum Gasteiger partial charge on any atom is -0.871 e. The standard InChI is InChI=1S/C33H49BO3Si3.2C4H12N/c1-11-12-13-32(26-14-20-29(21-15-26)38(2,3)4)33(37-34(35)36,27-16-22-30(23-17-27)39(5,6)7)28-18-24-31(25-19-28)40(8,9)10;2*1-5(2,3)4/h14-25,32H,11-13H2,1-10H3;2*1-4H3/q-2;2*+1. The summed E-state index contributed by atoms with van der Waals surface area (Å²) >= 11 is 0. The molecule has 0 spiro atoms. The lowest BCUT2D eigenvalue weighted by atomic mass is 9.70. The van der Waals surface area contributed by atoms with Gasteiger partial charge in [-0.05, 0) is 23.1 Å². The molecule has 0 aromatic heterocycles. The van der Waals surface area contributed by atoms with Crippen molar-refractivity contribution in [3.8, 4) is 0 Å². The lowest BCUT2D eigenvalue weighted by Crippen LogP contribution is -2.55. The van der Waals surface area contributed by atoms with Crippen LogP contribution in [0.15, 0.2) is 72.8 Å². The molecular formula is C41H73BN2O3Si3. The fourth-order valence-electron chi connectivity index (χ4n) is 5.60. The van der Waals surface area contributed by atoms with Crippen molar-refractivity contribution in [2.45, 2.75) is 96.6 Å². The third-order valence-electron chi connectivity index (χ3n) is 8.16. The number of hydrogen-bond donors (Lipinski definition) is 0. The first-order valence-corrected chi connectivity index (χ1v) is 28.9. The first-order chi connectivity index (χ1) is 22.5. The van der Waals surface area contributed by atoms with Crippen molar-refractivity contribution in [1.82, 2.24) is 0 Å². The molecule has 0 radical (unpaired) electrons. The number of rotatable bonds is 12. The molecule has 0 heterocycles. The van der Waals surface area contributed by atoms with Gasteiger partial charge in [0.05, 0.1) is 87.9 Å². The Labute approximate surface area is 312 Å². The number of unbranched alkanes of at least 4 members (excludes halogenated alkanes) is 1. The Morgan fingerprint density at radius 1 is 0.560 bits per heavy atom. The molecule has 0 fully saturated rings. The molecular weight excluding hydrogens is 664 g/mol. The van der Waals surface area contributed by atoms with Gasteiger partial charge in [-0.2, -0.15) is 0 Å². The van der Waals surface area contributed by atoms with Gasteiger partial charge >= 0.3 is 0 Å². The zero-order valence-corrected chi connectivity index (χ0v) is 38.3. The lowest BCUT2D eigenvalue weighted by Gasteiger charge is -2.49. The molecule has 0 amide bonds. The Balaban J connectivity index is 0.00000109. The maximum absolute atomic E-state index is 12.6. The second kappa shape index (κ2) is 18.3. The first-order valence-electron chi connectivity index (χ1n) is 18.4. The Hall–Kier alpha value is -1.82. The van der Waals surface area contributed by atoms with Crippen molar-refractivity contribution >= 4 is 47.1 Å². The van der Waals surface area contributed by atoms with E-state index >= 15 is 0 Å². The molecule has 0 aliphatic heterocycles. The van der Waals surface area contributed by atoms with E-state index in [1.807, 2.05) is 0 Å². The summed E-state index contributed by atoms with van der Waals surface area (Å²) in [6.07, 6.45) is 2.79. The minimum absolute atomic E-state index is 0.191. The van der Waals surface area contributed by atoms with Crippen LogP contribution in [0.5, 0.6) is 0 Å². The molecule has 0 saturated heterocycles. The maximum Gasteiger partial charge on any atom is 0.106 e. The zero-order valence-electron chi connectivity index (χ0n) is 35.3. The van der Waals surface area contributed by atoms with Crippen molar-refractivity contribution in [3.63, 3.8) is 0 Å². The average molecular weight is 737 g/mol. The Morgan fingerprint density at radius 3 is 1.08 bits per heavy atom. The summed E-state index contributed by atoms with van der Waals surface area (Å²) in [7, 11) is 10.00. The molecule has 0 aliphatic carbocycles. The number of quaternary nitrogens is 2. The summed E-state index contributed by atoms with van der Waals surface area (Å²) in [5, 5.41) is 29.2. The predicted octanol–water partition coefficient (Wildman–Crippen LogP) is 5.91. The van der Waals surface area contributed by atoms with Crippen LogP contribution in [0.3, 0.4) is 0 Å². The highest BCUT2D eigenvalue weighted by Gasteiger charge is 2.43. The molecule has 0 saturated carbocycles. The SMILES string of the molecule is CCCCC(c1ccc([Si](C)(C)C)cc1)C(OB([O-])[O-])(c1ccc([Si](C)(C)C)cc1)c1ccc([Si](C)(C)C)cc1.C[N+](C)(C)C.C[N+](C)(C)C. The molecule has 3 rings (SSSR count). The smallest absolute Gasteiger partial charge is 0.106 e. The molecule has 3 aromatic carbocycles. The number of nitrogens with zero attached hydrogens (tertiary/aromatic N) is 2. The van der Waals surface area contributed by atoms with Crippen molar-refractivity contribution in [3.05, 3.63) is 89.5 Å². The van der Waals surface area contributed by atoms with Gasteiger partial charge in [-0.3, -0.25) is 0 Å². The summed E-state index contributed by atoms with van der Waals surface area (Å²) in [6.45, 7) is 23.2. The van der Waals surface area contributed by atoms with E-state index in [2.05, 4.69) is 195 Å². The largest absolute Gasteiger partial charge is 0.871 e. The monoisotopic (exact) mass is 737 g/mol. The van der Waals surface area contributed by atoms with Crippen molar-refractivity contribution in [1.29, 1.82) is 0 Å². The molecule has 0 aliphatic rings. The van der Waals surface area contributed by atoms with E-state index < -0.39 is 37.1 Å². The highest BCUT2D eigenvalue weighted by Crippen LogP contribution is 2.48. The predicted molar refractivity (Wildman–Crippen MR) is 226 cm³/mol. The van der Waals surface area contributed by atoms with E-state index in [1.54, 1.807) is 0 Å². The molecule has 280 valence electrons. The normalized spacial score (nSPS) is 13.4. The third kappa shape index (κ3) is 15.8. The van der Waals surface area contributed by atoms with Gasteiger partial charge in [-0.25, -0.2) is 0 Å². The molecule has 1 unspecified atom stereocenters. The van der Waals surface area contributed by atoms with Gasteiger partial charge in [0.15, 0.2) is 0 Å². The maximum atomic E-state index is 12.6. The van der Waals surface area contributed by atoms with E-state index in [-0.39, 0.29) is 5.92 Å². The Kier molecular flexibility index (Phi) is 16.9. The van der Waals surface area contributed by atoms with Crippen molar-refractivity contribution < 1.29 is 23.7 Å². The summed E-state index contributed by atoms with van der Waals surface area (Å²) in [5.41, 5.74) is 1.67. The van der Waals surface area contributed by atoms with Crippen molar-refractivity contribution in [2.24, 2.45) is 0 Å². The molecule has 5 nitrogen and oxygen atoms in total. The molecule has 0 N–H and O–H groups in total. The van der Waals surface area contributed by atoms with E-state index in [0.717, 1.165) is 44.9 Å². The van der Waals surface area contributed by atoms with Crippen LogP contribution in [-0.4, -0.2) is 96.9 Å². The van der Waals surface area contributed by atoms with Crippen LogP contribution in [0, 0.1) is 0 Å². The van der Waals surface area contributed by atoms with Crippen LogP contribution in [0.1, 0.15) is 48.8 Å². The molecule has 0 bridgehead atoms. The van der Waals surface area contributed by atoms with Crippen LogP contribution in [0.25, 0.3) is 0 Å².